The van der Waals surface area contributed by atoms with Crippen LogP contribution in [0.2, 0.25) is 0 Å². The van der Waals surface area contributed by atoms with Crippen LogP contribution in [0.1, 0.15) is 44.3 Å². The van der Waals surface area contributed by atoms with Gasteiger partial charge in [0.15, 0.2) is 0 Å². The van der Waals surface area contributed by atoms with E-state index < -0.39 is 0 Å². The van der Waals surface area contributed by atoms with Gasteiger partial charge < -0.3 is 5.32 Å². The van der Waals surface area contributed by atoms with Gasteiger partial charge in [-0.15, -0.1) is 0 Å². The van der Waals surface area contributed by atoms with Gasteiger partial charge in [0, 0.05) is 11.9 Å². The molecular weight excluding hydrogens is 354 g/mol. The molecule has 142 valence electrons. The standard InChI is InChI=1S/C22H27N3OS/c1-14-24-19-5-3-2-4-18(19)21(25-14)27-12-20(26)23-13-22-9-15-6-16(10-22)8-17(7-15)11-22/h2-5,15-17H,6-13H2,1H3,(H,23,26). The fourth-order valence-electron chi connectivity index (χ4n) is 6.25. The van der Waals surface area contributed by atoms with Crippen LogP contribution in [0, 0.1) is 30.1 Å². The average molecular weight is 382 g/mol. The van der Waals surface area contributed by atoms with Gasteiger partial charge in [0.1, 0.15) is 10.9 Å². The summed E-state index contributed by atoms with van der Waals surface area (Å²) in [4.78, 5) is 21.6. The molecule has 4 fully saturated rings. The smallest absolute Gasteiger partial charge is 0.230 e. The quantitative estimate of drug-likeness (QED) is 0.617. The minimum absolute atomic E-state index is 0.135. The molecule has 0 unspecified atom stereocenters. The third-order valence-electron chi connectivity index (χ3n) is 6.85. The van der Waals surface area contributed by atoms with Gasteiger partial charge in [0.25, 0.3) is 0 Å². The third-order valence-corrected chi connectivity index (χ3v) is 7.84. The van der Waals surface area contributed by atoms with Crippen LogP contribution in [-0.2, 0) is 4.79 Å². The second-order valence-corrected chi connectivity index (χ2v) is 10.0. The van der Waals surface area contributed by atoms with Gasteiger partial charge in [-0.05, 0) is 74.7 Å². The van der Waals surface area contributed by atoms with E-state index in [1.165, 1.54) is 50.3 Å². The summed E-state index contributed by atoms with van der Waals surface area (Å²) in [5, 5.41) is 5.20. The molecule has 1 amide bonds. The number of nitrogens with zero attached hydrogens (tertiary/aromatic N) is 2. The molecule has 5 heteroatoms. The van der Waals surface area contributed by atoms with Crippen LogP contribution in [0.15, 0.2) is 29.3 Å². The summed E-state index contributed by atoms with van der Waals surface area (Å²) in [6, 6.07) is 8.02. The van der Waals surface area contributed by atoms with Gasteiger partial charge >= 0.3 is 0 Å². The largest absolute Gasteiger partial charge is 0.355 e. The summed E-state index contributed by atoms with van der Waals surface area (Å²) >= 11 is 1.53. The molecule has 0 atom stereocenters. The Morgan fingerprint density at radius 1 is 1.11 bits per heavy atom. The molecule has 2 aromatic rings. The van der Waals surface area contributed by atoms with Gasteiger partial charge in [-0.1, -0.05) is 30.0 Å². The highest BCUT2D eigenvalue weighted by Gasteiger charge is 2.50. The molecule has 4 nitrogen and oxygen atoms in total. The average Bonchev–Trinajstić information content (AvgIpc) is 2.63. The Balaban J connectivity index is 1.21. The van der Waals surface area contributed by atoms with E-state index >= 15 is 0 Å². The highest BCUT2D eigenvalue weighted by molar-refractivity contribution is 8.00. The zero-order valence-corrected chi connectivity index (χ0v) is 16.7. The highest BCUT2D eigenvalue weighted by Crippen LogP contribution is 2.59. The number of benzene rings is 1. The molecule has 0 aliphatic heterocycles. The zero-order valence-electron chi connectivity index (χ0n) is 15.9. The lowest BCUT2D eigenvalue weighted by Crippen LogP contribution is -2.51. The number of aromatic nitrogens is 2. The molecule has 4 bridgehead atoms. The first-order valence-electron chi connectivity index (χ1n) is 10.2. The Hall–Kier alpha value is -1.62. The molecule has 1 aromatic heterocycles. The lowest BCUT2D eigenvalue weighted by atomic mass is 9.49. The first-order chi connectivity index (χ1) is 13.1. The normalized spacial score (nSPS) is 31.4. The van der Waals surface area contributed by atoms with Crippen LogP contribution in [0.25, 0.3) is 10.9 Å². The molecule has 0 saturated heterocycles. The van der Waals surface area contributed by atoms with E-state index in [0.29, 0.717) is 11.2 Å². The molecule has 4 saturated carbocycles. The molecule has 0 radical (unpaired) electrons. The molecule has 1 aromatic carbocycles. The SMILES string of the molecule is Cc1nc(SCC(=O)NCC23CC4CC(CC(C4)C2)C3)c2ccccc2n1. The van der Waals surface area contributed by atoms with E-state index in [9.17, 15) is 4.79 Å². The molecule has 4 aliphatic carbocycles. The van der Waals surface area contributed by atoms with Crippen molar-refractivity contribution in [3.63, 3.8) is 0 Å². The van der Waals surface area contributed by atoms with Gasteiger partial charge in [0.05, 0.1) is 11.3 Å². The van der Waals surface area contributed by atoms with Crippen molar-refractivity contribution >= 4 is 28.6 Å². The van der Waals surface area contributed by atoms with E-state index in [4.69, 9.17) is 0 Å². The molecule has 1 heterocycles. The number of rotatable bonds is 5. The van der Waals surface area contributed by atoms with Crippen LogP contribution < -0.4 is 5.32 Å². The fourth-order valence-corrected chi connectivity index (χ4v) is 7.14. The Morgan fingerprint density at radius 2 is 1.78 bits per heavy atom. The Labute approximate surface area is 164 Å². The highest BCUT2D eigenvalue weighted by atomic mass is 32.2. The van der Waals surface area contributed by atoms with Crippen molar-refractivity contribution < 1.29 is 4.79 Å². The van der Waals surface area contributed by atoms with Crippen molar-refractivity contribution in [3.8, 4) is 0 Å². The maximum atomic E-state index is 12.6. The number of nitrogens with one attached hydrogen (secondary N) is 1. The van der Waals surface area contributed by atoms with Crippen molar-refractivity contribution in [1.29, 1.82) is 0 Å². The van der Waals surface area contributed by atoms with Crippen molar-refractivity contribution in [3.05, 3.63) is 30.1 Å². The second-order valence-electron chi connectivity index (χ2n) is 9.08. The van der Waals surface area contributed by atoms with Gasteiger partial charge in [-0.3, -0.25) is 4.79 Å². The molecule has 1 N–H and O–H groups in total. The Kier molecular flexibility index (Phi) is 4.38. The molecule has 6 rings (SSSR count). The fraction of sp³-hybridized carbons (Fsp3) is 0.591. The molecule has 27 heavy (non-hydrogen) atoms. The Morgan fingerprint density at radius 3 is 2.48 bits per heavy atom. The number of thioether (sulfide) groups is 1. The van der Waals surface area contributed by atoms with Crippen molar-refractivity contribution in [2.24, 2.45) is 23.2 Å². The lowest BCUT2D eigenvalue weighted by molar-refractivity contribution is -0.120. The number of hydrogen-bond donors (Lipinski definition) is 1. The number of carbonyl (C=O) groups excluding carboxylic acids is 1. The monoisotopic (exact) mass is 381 g/mol. The van der Waals surface area contributed by atoms with Crippen LogP contribution in [0.3, 0.4) is 0 Å². The van der Waals surface area contributed by atoms with E-state index in [2.05, 4.69) is 15.3 Å². The van der Waals surface area contributed by atoms with Crippen molar-refractivity contribution in [2.75, 3.05) is 12.3 Å². The number of hydrogen-bond acceptors (Lipinski definition) is 4. The maximum absolute atomic E-state index is 12.6. The van der Waals surface area contributed by atoms with Gasteiger partial charge in [-0.2, -0.15) is 0 Å². The summed E-state index contributed by atoms with van der Waals surface area (Å²) in [6.07, 6.45) is 8.35. The number of amides is 1. The molecule has 0 spiro atoms. The second kappa shape index (κ2) is 6.77. The van der Waals surface area contributed by atoms with E-state index in [-0.39, 0.29) is 5.91 Å². The number of aryl methyl sites for hydroxylation is 1. The molecular formula is C22H27N3OS. The summed E-state index contributed by atoms with van der Waals surface area (Å²) in [5.74, 6) is 4.10. The number of fused-ring (bicyclic) bond motifs is 1. The van der Waals surface area contributed by atoms with Gasteiger partial charge in [0.2, 0.25) is 5.91 Å². The number of carbonyl (C=O) groups is 1. The van der Waals surface area contributed by atoms with Gasteiger partial charge in [-0.25, -0.2) is 9.97 Å². The van der Waals surface area contributed by atoms with Crippen LogP contribution in [0.5, 0.6) is 0 Å². The van der Waals surface area contributed by atoms with E-state index in [0.717, 1.165) is 46.1 Å². The topological polar surface area (TPSA) is 54.9 Å². The summed E-state index contributed by atoms with van der Waals surface area (Å²) in [6.45, 7) is 2.78. The molecule has 4 aliphatic rings. The first-order valence-corrected chi connectivity index (χ1v) is 11.2. The minimum atomic E-state index is 0.135. The summed E-state index contributed by atoms with van der Waals surface area (Å²) in [5.41, 5.74) is 1.34. The predicted molar refractivity (Wildman–Crippen MR) is 109 cm³/mol. The van der Waals surface area contributed by atoms with Crippen LogP contribution >= 0.6 is 11.8 Å². The predicted octanol–water partition coefficient (Wildman–Crippen LogP) is 4.36. The Bertz CT molecular complexity index is 846. The van der Waals surface area contributed by atoms with Crippen LogP contribution in [-0.4, -0.2) is 28.2 Å². The van der Waals surface area contributed by atoms with Crippen LogP contribution in [0.4, 0.5) is 0 Å². The number of para-hydroxylation sites is 1. The minimum Gasteiger partial charge on any atom is -0.355 e. The summed E-state index contributed by atoms with van der Waals surface area (Å²) < 4.78 is 0. The van der Waals surface area contributed by atoms with E-state index in [1.54, 1.807) is 0 Å². The first kappa shape index (κ1) is 17.5. The zero-order chi connectivity index (χ0) is 18.4. The van der Waals surface area contributed by atoms with E-state index in [1.807, 2.05) is 31.2 Å². The van der Waals surface area contributed by atoms with Crippen molar-refractivity contribution in [1.82, 2.24) is 15.3 Å². The lowest BCUT2D eigenvalue weighted by Gasteiger charge is -2.56. The third kappa shape index (κ3) is 3.46. The summed E-state index contributed by atoms with van der Waals surface area (Å²) in [7, 11) is 0. The maximum Gasteiger partial charge on any atom is 0.230 e. The van der Waals surface area contributed by atoms with Crippen molar-refractivity contribution in [2.45, 2.75) is 50.5 Å².